The molecule has 2 rings (SSSR count). The number of amides is 1. The van der Waals surface area contributed by atoms with Crippen molar-refractivity contribution in [1.29, 1.82) is 0 Å². The number of carbonyl (C=O) groups is 1. The van der Waals surface area contributed by atoms with Crippen molar-refractivity contribution >= 4 is 5.91 Å². The average Bonchev–Trinajstić information content (AvgIpc) is 2.29. The Balaban J connectivity index is 1.98. The fraction of sp³-hybridized carbons (Fsp3) is 0.417. The van der Waals surface area contributed by atoms with E-state index in [1.54, 1.807) is 12.0 Å². The standard InChI is InChI=1S/C12H15NO2/c1-12(15-2)9-13(11(12)14)8-10-6-4-3-5-7-10/h3-7H,8-9H2,1-2H3. The van der Waals surface area contributed by atoms with Crippen LogP contribution in [0.1, 0.15) is 12.5 Å². The Hall–Kier alpha value is -1.35. The van der Waals surface area contributed by atoms with Crippen LogP contribution in [0.2, 0.25) is 0 Å². The molecular weight excluding hydrogens is 190 g/mol. The molecule has 1 unspecified atom stereocenters. The Kier molecular flexibility index (Phi) is 2.49. The van der Waals surface area contributed by atoms with E-state index in [-0.39, 0.29) is 5.91 Å². The summed E-state index contributed by atoms with van der Waals surface area (Å²) in [6.45, 7) is 3.19. The first-order valence-electron chi connectivity index (χ1n) is 5.04. The SMILES string of the molecule is COC1(C)CN(Cc2ccccc2)C1=O. The van der Waals surface area contributed by atoms with Crippen molar-refractivity contribution in [3.05, 3.63) is 35.9 Å². The highest BCUT2D eigenvalue weighted by atomic mass is 16.5. The maximum Gasteiger partial charge on any atom is 0.256 e. The Morgan fingerprint density at radius 2 is 2.07 bits per heavy atom. The number of carbonyl (C=O) groups excluding carboxylic acids is 1. The zero-order chi connectivity index (χ0) is 10.9. The van der Waals surface area contributed by atoms with E-state index in [4.69, 9.17) is 4.74 Å². The largest absolute Gasteiger partial charge is 0.367 e. The molecule has 0 spiro atoms. The summed E-state index contributed by atoms with van der Waals surface area (Å²) >= 11 is 0. The van der Waals surface area contributed by atoms with Crippen LogP contribution in [0.25, 0.3) is 0 Å². The summed E-state index contributed by atoms with van der Waals surface area (Å²) in [5.74, 6) is 0.0776. The predicted octanol–water partition coefficient (Wildman–Crippen LogP) is 1.43. The van der Waals surface area contributed by atoms with E-state index in [0.717, 1.165) is 5.56 Å². The van der Waals surface area contributed by atoms with Crippen molar-refractivity contribution in [2.45, 2.75) is 19.1 Å². The van der Waals surface area contributed by atoms with Gasteiger partial charge in [0.15, 0.2) is 5.60 Å². The molecule has 0 aliphatic carbocycles. The molecule has 0 aromatic heterocycles. The van der Waals surface area contributed by atoms with Gasteiger partial charge in [-0.3, -0.25) is 4.79 Å². The number of hydrogen-bond acceptors (Lipinski definition) is 2. The summed E-state index contributed by atoms with van der Waals surface area (Å²) in [6.07, 6.45) is 0. The van der Waals surface area contributed by atoms with Gasteiger partial charge in [-0.05, 0) is 12.5 Å². The van der Waals surface area contributed by atoms with Crippen LogP contribution in [0.5, 0.6) is 0 Å². The number of likely N-dealkylation sites (tertiary alicyclic amines) is 1. The highest BCUT2D eigenvalue weighted by Gasteiger charge is 2.48. The smallest absolute Gasteiger partial charge is 0.256 e. The van der Waals surface area contributed by atoms with E-state index in [2.05, 4.69) is 0 Å². The van der Waals surface area contributed by atoms with E-state index in [1.807, 2.05) is 37.3 Å². The highest BCUT2D eigenvalue weighted by molar-refractivity contribution is 5.91. The van der Waals surface area contributed by atoms with Crippen LogP contribution in [0.4, 0.5) is 0 Å². The monoisotopic (exact) mass is 205 g/mol. The molecule has 15 heavy (non-hydrogen) atoms. The molecule has 1 fully saturated rings. The molecule has 1 aliphatic heterocycles. The maximum atomic E-state index is 11.7. The van der Waals surface area contributed by atoms with Crippen LogP contribution in [0.3, 0.4) is 0 Å². The van der Waals surface area contributed by atoms with Gasteiger partial charge in [-0.25, -0.2) is 0 Å². The minimum atomic E-state index is -0.589. The number of methoxy groups -OCH3 is 1. The molecule has 1 atom stereocenters. The zero-order valence-corrected chi connectivity index (χ0v) is 9.06. The van der Waals surface area contributed by atoms with Gasteiger partial charge in [-0.2, -0.15) is 0 Å². The zero-order valence-electron chi connectivity index (χ0n) is 9.06. The Morgan fingerprint density at radius 3 is 2.60 bits per heavy atom. The minimum absolute atomic E-state index is 0.0776. The molecule has 1 saturated heterocycles. The van der Waals surface area contributed by atoms with Crippen LogP contribution >= 0.6 is 0 Å². The summed E-state index contributed by atoms with van der Waals surface area (Å²) in [6, 6.07) is 9.98. The van der Waals surface area contributed by atoms with Crippen LogP contribution in [-0.4, -0.2) is 30.1 Å². The minimum Gasteiger partial charge on any atom is -0.367 e. The lowest BCUT2D eigenvalue weighted by Gasteiger charge is -2.45. The third kappa shape index (κ3) is 1.75. The first-order valence-corrected chi connectivity index (χ1v) is 5.04. The third-order valence-corrected chi connectivity index (χ3v) is 2.90. The second-order valence-corrected chi connectivity index (χ2v) is 4.08. The Labute approximate surface area is 89.7 Å². The van der Waals surface area contributed by atoms with Gasteiger partial charge in [0.05, 0.1) is 6.54 Å². The van der Waals surface area contributed by atoms with E-state index < -0.39 is 5.60 Å². The summed E-state index contributed by atoms with van der Waals surface area (Å²) in [7, 11) is 1.58. The highest BCUT2D eigenvalue weighted by Crippen LogP contribution is 2.27. The molecule has 1 aromatic rings. The Bertz CT molecular complexity index is 363. The van der Waals surface area contributed by atoms with Crippen molar-refractivity contribution in [2.24, 2.45) is 0 Å². The predicted molar refractivity (Wildman–Crippen MR) is 57.3 cm³/mol. The van der Waals surface area contributed by atoms with Crippen LogP contribution in [0, 0.1) is 0 Å². The van der Waals surface area contributed by atoms with Gasteiger partial charge in [-0.1, -0.05) is 30.3 Å². The van der Waals surface area contributed by atoms with Gasteiger partial charge >= 0.3 is 0 Å². The van der Waals surface area contributed by atoms with Gasteiger partial charge in [0.2, 0.25) is 0 Å². The topological polar surface area (TPSA) is 29.5 Å². The lowest BCUT2D eigenvalue weighted by atomic mass is 9.94. The van der Waals surface area contributed by atoms with Gasteiger partial charge in [0, 0.05) is 13.7 Å². The number of rotatable bonds is 3. The molecule has 3 nitrogen and oxygen atoms in total. The fourth-order valence-electron chi connectivity index (χ4n) is 1.83. The third-order valence-electron chi connectivity index (χ3n) is 2.90. The quantitative estimate of drug-likeness (QED) is 0.699. The van der Waals surface area contributed by atoms with Crippen molar-refractivity contribution in [3.8, 4) is 0 Å². The first-order chi connectivity index (χ1) is 7.15. The molecular formula is C12H15NO2. The summed E-state index contributed by atoms with van der Waals surface area (Å²) < 4.78 is 5.16. The molecule has 0 saturated carbocycles. The first kappa shape index (κ1) is 10.2. The molecule has 0 bridgehead atoms. The molecule has 0 radical (unpaired) electrons. The number of hydrogen-bond donors (Lipinski definition) is 0. The number of ether oxygens (including phenoxy) is 1. The summed E-state index contributed by atoms with van der Waals surface area (Å²) in [5.41, 5.74) is 0.568. The number of nitrogens with zero attached hydrogens (tertiary/aromatic N) is 1. The molecule has 1 heterocycles. The van der Waals surface area contributed by atoms with Crippen molar-refractivity contribution in [1.82, 2.24) is 4.90 Å². The van der Waals surface area contributed by atoms with Crippen molar-refractivity contribution < 1.29 is 9.53 Å². The lowest BCUT2D eigenvalue weighted by molar-refractivity contribution is -0.178. The second kappa shape index (κ2) is 3.66. The van der Waals surface area contributed by atoms with Gasteiger partial charge in [-0.15, -0.1) is 0 Å². The van der Waals surface area contributed by atoms with Gasteiger partial charge in [0.1, 0.15) is 0 Å². The van der Waals surface area contributed by atoms with E-state index >= 15 is 0 Å². The van der Waals surface area contributed by atoms with Crippen molar-refractivity contribution in [2.75, 3.05) is 13.7 Å². The fourth-order valence-corrected chi connectivity index (χ4v) is 1.83. The molecule has 1 aliphatic rings. The number of β-lactam (4-membered cyclic amide) rings is 1. The molecule has 1 aromatic carbocycles. The van der Waals surface area contributed by atoms with E-state index in [1.165, 1.54) is 0 Å². The van der Waals surface area contributed by atoms with Gasteiger partial charge in [0.25, 0.3) is 5.91 Å². The van der Waals surface area contributed by atoms with E-state index in [9.17, 15) is 4.79 Å². The molecule has 80 valence electrons. The van der Waals surface area contributed by atoms with E-state index in [0.29, 0.717) is 13.1 Å². The maximum absolute atomic E-state index is 11.7. The lowest BCUT2D eigenvalue weighted by Crippen LogP contribution is -2.65. The molecule has 3 heteroatoms. The molecule has 0 N–H and O–H groups in total. The summed E-state index contributed by atoms with van der Waals surface area (Å²) in [4.78, 5) is 13.5. The van der Waals surface area contributed by atoms with Crippen molar-refractivity contribution in [3.63, 3.8) is 0 Å². The van der Waals surface area contributed by atoms with Crippen LogP contribution in [0.15, 0.2) is 30.3 Å². The average molecular weight is 205 g/mol. The number of benzene rings is 1. The second-order valence-electron chi connectivity index (χ2n) is 4.08. The van der Waals surface area contributed by atoms with Crippen LogP contribution < -0.4 is 0 Å². The van der Waals surface area contributed by atoms with Crippen LogP contribution in [-0.2, 0) is 16.1 Å². The summed E-state index contributed by atoms with van der Waals surface area (Å²) in [5, 5.41) is 0. The van der Waals surface area contributed by atoms with Gasteiger partial charge < -0.3 is 9.64 Å². The Morgan fingerprint density at radius 1 is 1.40 bits per heavy atom. The molecule has 1 amide bonds. The normalized spacial score (nSPS) is 25.2.